The Morgan fingerprint density at radius 2 is 2.11 bits per heavy atom. The zero-order valence-corrected chi connectivity index (χ0v) is 10.9. The highest BCUT2D eigenvalue weighted by Crippen LogP contribution is 2.25. The van der Waals surface area contributed by atoms with Gasteiger partial charge in [-0.2, -0.15) is 0 Å². The van der Waals surface area contributed by atoms with Crippen molar-refractivity contribution in [2.45, 2.75) is 25.6 Å². The lowest BCUT2D eigenvalue weighted by Crippen LogP contribution is -2.12. The van der Waals surface area contributed by atoms with Gasteiger partial charge in [0.05, 0.1) is 13.2 Å². The molecule has 0 aliphatic carbocycles. The maximum absolute atomic E-state index is 11.7. The zero-order valence-electron chi connectivity index (χ0n) is 10.9. The number of amides is 1. The van der Waals surface area contributed by atoms with E-state index in [-0.39, 0.29) is 12.2 Å². The van der Waals surface area contributed by atoms with Crippen LogP contribution in [0.1, 0.15) is 31.1 Å². The van der Waals surface area contributed by atoms with E-state index in [2.05, 4.69) is 5.32 Å². The molecule has 1 aliphatic heterocycles. The molecule has 5 nitrogen and oxygen atoms in total. The summed E-state index contributed by atoms with van der Waals surface area (Å²) in [5.41, 5.74) is 7.10. The van der Waals surface area contributed by atoms with Crippen LogP contribution in [0.15, 0.2) is 24.3 Å². The predicted octanol–water partition coefficient (Wildman–Crippen LogP) is 1.80. The molecule has 1 aliphatic rings. The van der Waals surface area contributed by atoms with Gasteiger partial charge in [-0.25, -0.2) is 0 Å². The fraction of sp³-hybridized carbons (Fsp3) is 0.500. The highest BCUT2D eigenvalue weighted by atomic mass is 16.7. The number of benzene rings is 1. The van der Waals surface area contributed by atoms with Crippen LogP contribution in [0.4, 0.5) is 5.69 Å². The van der Waals surface area contributed by atoms with Crippen LogP contribution in [-0.2, 0) is 14.3 Å². The molecule has 1 saturated heterocycles. The minimum absolute atomic E-state index is 0.0128. The van der Waals surface area contributed by atoms with Crippen molar-refractivity contribution in [2.75, 3.05) is 25.1 Å². The fourth-order valence-corrected chi connectivity index (χ4v) is 1.97. The van der Waals surface area contributed by atoms with Gasteiger partial charge in [0, 0.05) is 17.7 Å². The van der Waals surface area contributed by atoms with Crippen molar-refractivity contribution in [1.82, 2.24) is 0 Å². The van der Waals surface area contributed by atoms with E-state index >= 15 is 0 Å². The predicted molar refractivity (Wildman–Crippen MR) is 72.6 cm³/mol. The van der Waals surface area contributed by atoms with Crippen LogP contribution in [-0.4, -0.2) is 25.7 Å². The second-order valence-electron chi connectivity index (χ2n) is 4.49. The molecule has 1 aromatic rings. The van der Waals surface area contributed by atoms with Gasteiger partial charge in [-0.05, 0) is 31.5 Å². The second kappa shape index (κ2) is 7.23. The summed E-state index contributed by atoms with van der Waals surface area (Å²) < 4.78 is 10.9. The lowest BCUT2D eigenvalue weighted by Gasteiger charge is -2.11. The average Bonchev–Trinajstić information content (AvgIpc) is 2.93. The highest BCUT2D eigenvalue weighted by Gasteiger charge is 2.18. The quantitative estimate of drug-likeness (QED) is 0.768. The van der Waals surface area contributed by atoms with Gasteiger partial charge in [0.2, 0.25) is 5.91 Å². The second-order valence-corrected chi connectivity index (χ2v) is 4.49. The normalized spacial score (nSPS) is 15.6. The van der Waals surface area contributed by atoms with Crippen LogP contribution >= 0.6 is 0 Å². The first-order chi connectivity index (χ1) is 9.29. The molecule has 1 fully saturated rings. The number of nitrogens with two attached hydrogens (primary N) is 1. The van der Waals surface area contributed by atoms with Crippen molar-refractivity contribution in [1.29, 1.82) is 0 Å². The molecule has 0 saturated carbocycles. The van der Waals surface area contributed by atoms with E-state index in [0.29, 0.717) is 26.2 Å². The lowest BCUT2D eigenvalue weighted by molar-refractivity contribution is -0.116. The number of unbranched alkanes of at least 4 members (excludes halogenated alkanes) is 1. The van der Waals surface area contributed by atoms with E-state index < -0.39 is 0 Å². The Bertz CT molecular complexity index is 417. The molecule has 5 heteroatoms. The van der Waals surface area contributed by atoms with Crippen molar-refractivity contribution in [3.8, 4) is 0 Å². The van der Waals surface area contributed by atoms with Gasteiger partial charge in [0.1, 0.15) is 0 Å². The van der Waals surface area contributed by atoms with Crippen LogP contribution in [0, 0.1) is 0 Å². The van der Waals surface area contributed by atoms with Crippen molar-refractivity contribution < 1.29 is 14.3 Å². The number of hydrogen-bond acceptors (Lipinski definition) is 4. The van der Waals surface area contributed by atoms with Crippen molar-refractivity contribution in [2.24, 2.45) is 5.73 Å². The molecule has 0 atom stereocenters. The molecule has 0 unspecified atom stereocenters. The first-order valence-corrected chi connectivity index (χ1v) is 6.62. The molecule has 104 valence electrons. The summed E-state index contributed by atoms with van der Waals surface area (Å²) in [5, 5.41) is 2.87. The highest BCUT2D eigenvalue weighted by molar-refractivity contribution is 5.90. The molecule has 0 aromatic heterocycles. The fourth-order valence-electron chi connectivity index (χ4n) is 1.97. The summed E-state index contributed by atoms with van der Waals surface area (Å²) >= 11 is 0. The molecule has 1 heterocycles. The van der Waals surface area contributed by atoms with Crippen LogP contribution in [0.3, 0.4) is 0 Å². The standard InChI is InChI=1S/C14H20N2O3/c15-7-2-1-6-13(17)16-12-5-3-4-11(10-12)14-18-8-9-19-14/h3-5,10,14H,1-2,6-9,15H2,(H,16,17). The Hall–Kier alpha value is -1.43. The van der Waals surface area contributed by atoms with Gasteiger partial charge in [-0.1, -0.05) is 12.1 Å². The Balaban J connectivity index is 1.89. The van der Waals surface area contributed by atoms with Crippen LogP contribution < -0.4 is 11.1 Å². The third-order valence-electron chi connectivity index (χ3n) is 2.92. The summed E-state index contributed by atoms with van der Waals surface area (Å²) in [6.45, 7) is 1.85. The maximum atomic E-state index is 11.7. The molecule has 19 heavy (non-hydrogen) atoms. The minimum atomic E-state index is -0.311. The van der Waals surface area contributed by atoms with Crippen molar-refractivity contribution in [3.05, 3.63) is 29.8 Å². The number of rotatable bonds is 6. The number of ether oxygens (including phenoxy) is 2. The summed E-state index contributed by atoms with van der Waals surface area (Å²) in [6.07, 6.45) is 1.88. The molecular weight excluding hydrogens is 244 g/mol. The van der Waals surface area contributed by atoms with E-state index in [1.165, 1.54) is 0 Å². The van der Waals surface area contributed by atoms with Crippen LogP contribution in [0.5, 0.6) is 0 Å². The molecule has 0 bridgehead atoms. The molecule has 3 N–H and O–H groups in total. The van der Waals surface area contributed by atoms with Crippen LogP contribution in [0.2, 0.25) is 0 Å². The molecule has 1 amide bonds. The van der Waals surface area contributed by atoms with Gasteiger partial charge in [-0.15, -0.1) is 0 Å². The molecule has 0 spiro atoms. The smallest absolute Gasteiger partial charge is 0.224 e. The number of nitrogens with one attached hydrogen (secondary N) is 1. The summed E-state index contributed by atoms with van der Waals surface area (Å²) in [5.74, 6) is 0.0128. The average molecular weight is 264 g/mol. The van der Waals surface area contributed by atoms with Crippen molar-refractivity contribution >= 4 is 11.6 Å². The van der Waals surface area contributed by atoms with E-state index in [4.69, 9.17) is 15.2 Å². The van der Waals surface area contributed by atoms with E-state index in [1.807, 2.05) is 24.3 Å². The largest absolute Gasteiger partial charge is 0.346 e. The minimum Gasteiger partial charge on any atom is -0.346 e. The molecule has 2 rings (SSSR count). The van der Waals surface area contributed by atoms with Gasteiger partial charge in [-0.3, -0.25) is 4.79 Å². The molecule has 1 aromatic carbocycles. The number of hydrogen-bond donors (Lipinski definition) is 2. The van der Waals surface area contributed by atoms with E-state index in [9.17, 15) is 4.79 Å². The van der Waals surface area contributed by atoms with E-state index in [1.54, 1.807) is 0 Å². The monoisotopic (exact) mass is 264 g/mol. The van der Waals surface area contributed by atoms with Gasteiger partial charge in [0.15, 0.2) is 6.29 Å². The molecular formula is C14H20N2O3. The Morgan fingerprint density at radius 3 is 2.84 bits per heavy atom. The first kappa shape index (κ1) is 14.0. The number of anilines is 1. The molecule has 0 radical (unpaired) electrons. The first-order valence-electron chi connectivity index (χ1n) is 6.62. The summed E-state index contributed by atoms with van der Waals surface area (Å²) in [6, 6.07) is 7.56. The third-order valence-corrected chi connectivity index (χ3v) is 2.92. The lowest BCUT2D eigenvalue weighted by atomic mass is 10.2. The van der Waals surface area contributed by atoms with Gasteiger partial charge < -0.3 is 20.5 Å². The maximum Gasteiger partial charge on any atom is 0.224 e. The number of carbonyl (C=O) groups is 1. The summed E-state index contributed by atoms with van der Waals surface area (Å²) in [7, 11) is 0. The van der Waals surface area contributed by atoms with Gasteiger partial charge >= 0.3 is 0 Å². The SMILES string of the molecule is NCCCCC(=O)Nc1cccc(C2OCCO2)c1. The zero-order chi connectivity index (χ0) is 13.5. The topological polar surface area (TPSA) is 73.6 Å². The Labute approximate surface area is 113 Å². The third kappa shape index (κ3) is 4.31. The van der Waals surface area contributed by atoms with Gasteiger partial charge in [0.25, 0.3) is 0 Å². The van der Waals surface area contributed by atoms with Crippen LogP contribution in [0.25, 0.3) is 0 Å². The Kier molecular flexibility index (Phi) is 5.32. The Morgan fingerprint density at radius 1 is 1.32 bits per heavy atom. The van der Waals surface area contributed by atoms with E-state index in [0.717, 1.165) is 24.1 Å². The number of carbonyl (C=O) groups excluding carboxylic acids is 1. The summed E-state index contributed by atoms with van der Waals surface area (Å²) in [4.78, 5) is 11.7. The van der Waals surface area contributed by atoms with Crippen molar-refractivity contribution in [3.63, 3.8) is 0 Å².